The van der Waals surface area contributed by atoms with Gasteiger partial charge in [0, 0.05) is 18.8 Å². The van der Waals surface area contributed by atoms with Gasteiger partial charge in [-0.15, -0.1) is 0 Å². The molecule has 0 N–H and O–H groups in total. The van der Waals surface area contributed by atoms with Gasteiger partial charge in [-0.2, -0.15) is 0 Å². The zero-order chi connectivity index (χ0) is 12.8. The van der Waals surface area contributed by atoms with Crippen LogP contribution in [0.1, 0.15) is 20.8 Å². The van der Waals surface area contributed by atoms with Crippen LogP contribution in [0, 0.1) is 0 Å². The normalized spacial score (nSPS) is 12.0. The van der Waals surface area contributed by atoms with Gasteiger partial charge in [0.25, 0.3) is 5.56 Å². The average Bonchev–Trinajstić information content (AvgIpc) is 2.24. The third kappa shape index (κ3) is 1.67. The number of hydrogen-bond donors (Lipinski definition) is 0. The maximum absolute atomic E-state index is 12.3. The van der Waals surface area contributed by atoms with Crippen molar-refractivity contribution in [2.45, 2.75) is 26.3 Å². The number of aromatic nitrogens is 3. The molecule has 0 aromatic carbocycles. The Morgan fingerprint density at radius 1 is 1.24 bits per heavy atom. The summed E-state index contributed by atoms with van der Waals surface area (Å²) < 4.78 is 2.73. The van der Waals surface area contributed by atoms with Crippen LogP contribution >= 0.6 is 0 Å². The molecule has 2 aromatic heterocycles. The quantitative estimate of drug-likeness (QED) is 0.678. The molecule has 0 amide bonds. The van der Waals surface area contributed by atoms with Gasteiger partial charge in [-0.25, -0.2) is 4.79 Å². The van der Waals surface area contributed by atoms with E-state index in [0.29, 0.717) is 10.9 Å². The van der Waals surface area contributed by atoms with Crippen LogP contribution in [0.5, 0.6) is 0 Å². The standard InChI is InChI=1S/C12H15N3O2/c1-12(2,3)15-10(16)8-5-6-13-7-9(8)14(4)11(15)17/h5-7H,1-4H3. The smallest absolute Gasteiger partial charge is 0.295 e. The summed E-state index contributed by atoms with van der Waals surface area (Å²) in [7, 11) is 1.65. The fourth-order valence-corrected chi connectivity index (χ4v) is 1.89. The van der Waals surface area contributed by atoms with E-state index in [1.165, 1.54) is 15.3 Å². The van der Waals surface area contributed by atoms with Gasteiger partial charge in [-0.1, -0.05) is 0 Å². The van der Waals surface area contributed by atoms with E-state index in [0.717, 1.165) is 0 Å². The van der Waals surface area contributed by atoms with Gasteiger partial charge >= 0.3 is 5.69 Å². The highest BCUT2D eigenvalue weighted by molar-refractivity contribution is 5.76. The van der Waals surface area contributed by atoms with Crippen molar-refractivity contribution in [3.63, 3.8) is 0 Å². The Balaban J connectivity index is 3.09. The second-order valence-electron chi connectivity index (χ2n) is 5.05. The lowest BCUT2D eigenvalue weighted by Gasteiger charge is -2.22. The van der Waals surface area contributed by atoms with Crippen molar-refractivity contribution >= 4 is 10.9 Å². The van der Waals surface area contributed by atoms with Crippen LogP contribution in [-0.4, -0.2) is 14.1 Å². The number of aryl methyl sites for hydroxylation is 1. The predicted molar refractivity (Wildman–Crippen MR) is 66.2 cm³/mol. The van der Waals surface area contributed by atoms with Crippen molar-refractivity contribution in [2.75, 3.05) is 0 Å². The Morgan fingerprint density at radius 3 is 2.47 bits per heavy atom. The molecule has 0 spiro atoms. The summed E-state index contributed by atoms with van der Waals surface area (Å²) in [5, 5.41) is 0.511. The van der Waals surface area contributed by atoms with Crippen LogP contribution in [0.4, 0.5) is 0 Å². The molecule has 2 aromatic rings. The van der Waals surface area contributed by atoms with Gasteiger partial charge in [-0.05, 0) is 26.8 Å². The highest BCUT2D eigenvalue weighted by Gasteiger charge is 2.21. The Bertz CT molecular complexity index is 689. The molecule has 0 aliphatic carbocycles. The van der Waals surface area contributed by atoms with Crippen molar-refractivity contribution in [3.05, 3.63) is 39.3 Å². The van der Waals surface area contributed by atoms with E-state index in [1.54, 1.807) is 19.3 Å². The fraction of sp³-hybridized carbons (Fsp3) is 0.417. The molecule has 0 saturated carbocycles. The number of nitrogens with zero attached hydrogens (tertiary/aromatic N) is 3. The largest absolute Gasteiger partial charge is 0.331 e. The van der Waals surface area contributed by atoms with Crippen LogP contribution in [0.2, 0.25) is 0 Å². The van der Waals surface area contributed by atoms with E-state index < -0.39 is 5.54 Å². The Hall–Kier alpha value is -1.91. The number of fused-ring (bicyclic) bond motifs is 1. The van der Waals surface area contributed by atoms with E-state index in [9.17, 15) is 9.59 Å². The lowest BCUT2D eigenvalue weighted by atomic mass is 10.1. The Kier molecular flexibility index (Phi) is 2.41. The van der Waals surface area contributed by atoms with Crippen molar-refractivity contribution in [2.24, 2.45) is 7.05 Å². The molecule has 0 bridgehead atoms. The zero-order valence-electron chi connectivity index (χ0n) is 10.4. The molecule has 0 aliphatic heterocycles. The minimum Gasteiger partial charge on any atom is -0.295 e. The van der Waals surface area contributed by atoms with Gasteiger partial charge in [-0.3, -0.25) is 18.9 Å². The van der Waals surface area contributed by atoms with Gasteiger partial charge in [0.15, 0.2) is 0 Å². The third-order valence-corrected chi connectivity index (χ3v) is 2.74. The summed E-state index contributed by atoms with van der Waals surface area (Å²) in [6.45, 7) is 5.51. The highest BCUT2D eigenvalue weighted by atomic mass is 16.2. The summed E-state index contributed by atoms with van der Waals surface area (Å²) in [6, 6.07) is 1.64. The molecule has 5 nitrogen and oxygen atoms in total. The van der Waals surface area contributed by atoms with Crippen LogP contribution in [-0.2, 0) is 12.6 Å². The summed E-state index contributed by atoms with van der Waals surface area (Å²) in [4.78, 5) is 28.4. The first kappa shape index (κ1) is 11.6. The molecule has 2 rings (SSSR count). The topological polar surface area (TPSA) is 56.9 Å². The van der Waals surface area contributed by atoms with Crippen molar-refractivity contribution < 1.29 is 0 Å². The van der Waals surface area contributed by atoms with E-state index in [-0.39, 0.29) is 11.2 Å². The first-order valence-electron chi connectivity index (χ1n) is 5.40. The maximum atomic E-state index is 12.3. The number of rotatable bonds is 0. The van der Waals surface area contributed by atoms with Crippen molar-refractivity contribution in [1.82, 2.24) is 14.1 Å². The number of hydrogen-bond acceptors (Lipinski definition) is 3. The second kappa shape index (κ2) is 3.55. The molecule has 2 heterocycles. The maximum Gasteiger partial charge on any atom is 0.331 e. The highest BCUT2D eigenvalue weighted by Crippen LogP contribution is 2.10. The number of pyridine rings is 1. The Labute approximate surface area is 98.3 Å². The second-order valence-corrected chi connectivity index (χ2v) is 5.05. The van der Waals surface area contributed by atoms with Crippen LogP contribution in [0.25, 0.3) is 10.9 Å². The summed E-state index contributed by atoms with van der Waals surface area (Å²) >= 11 is 0. The van der Waals surface area contributed by atoms with Gasteiger partial charge in [0.05, 0.1) is 17.1 Å². The molecule has 0 unspecified atom stereocenters. The monoisotopic (exact) mass is 233 g/mol. The van der Waals surface area contributed by atoms with E-state index in [2.05, 4.69) is 4.98 Å². The lowest BCUT2D eigenvalue weighted by molar-refractivity contribution is 0.362. The summed E-state index contributed by atoms with van der Waals surface area (Å²) in [5.41, 5.74) is -0.562. The van der Waals surface area contributed by atoms with Crippen LogP contribution < -0.4 is 11.2 Å². The molecule has 17 heavy (non-hydrogen) atoms. The first-order valence-corrected chi connectivity index (χ1v) is 5.40. The van der Waals surface area contributed by atoms with Crippen LogP contribution in [0.15, 0.2) is 28.0 Å². The zero-order valence-corrected chi connectivity index (χ0v) is 10.4. The van der Waals surface area contributed by atoms with Crippen LogP contribution in [0.3, 0.4) is 0 Å². The third-order valence-electron chi connectivity index (χ3n) is 2.74. The summed E-state index contributed by atoms with van der Waals surface area (Å²) in [5.74, 6) is 0. The van der Waals surface area contributed by atoms with E-state index in [1.807, 2.05) is 20.8 Å². The van der Waals surface area contributed by atoms with Crippen molar-refractivity contribution in [3.8, 4) is 0 Å². The van der Waals surface area contributed by atoms with E-state index in [4.69, 9.17) is 0 Å². The Morgan fingerprint density at radius 2 is 1.88 bits per heavy atom. The minimum atomic E-state index is -0.538. The molecule has 0 saturated heterocycles. The molecular formula is C12H15N3O2. The molecule has 0 fully saturated rings. The average molecular weight is 233 g/mol. The molecule has 90 valence electrons. The SMILES string of the molecule is Cn1c(=O)n(C(C)(C)C)c(=O)c2ccncc21. The molecule has 0 radical (unpaired) electrons. The van der Waals surface area contributed by atoms with Gasteiger partial charge < -0.3 is 0 Å². The minimum absolute atomic E-state index is 0.266. The van der Waals surface area contributed by atoms with Gasteiger partial charge in [0.2, 0.25) is 0 Å². The summed E-state index contributed by atoms with van der Waals surface area (Å²) in [6.07, 6.45) is 3.09. The fourth-order valence-electron chi connectivity index (χ4n) is 1.89. The first-order chi connectivity index (χ1) is 7.84. The predicted octanol–water partition coefficient (Wildman–Crippen LogP) is 0.850. The molecule has 0 aliphatic rings. The molecule has 0 atom stereocenters. The van der Waals surface area contributed by atoms with Gasteiger partial charge in [0.1, 0.15) is 0 Å². The lowest BCUT2D eigenvalue weighted by Crippen LogP contribution is -2.47. The van der Waals surface area contributed by atoms with Crippen molar-refractivity contribution in [1.29, 1.82) is 0 Å². The molecular weight excluding hydrogens is 218 g/mol. The molecule has 5 heteroatoms. The van der Waals surface area contributed by atoms with E-state index >= 15 is 0 Å².